The summed E-state index contributed by atoms with van der Waals surface area (Å²) in [6.45, 7) is 3.57. The van der Waals surface area contributed by atoms with Crippen LogP contribution in [0.15, 0.2) is 36.4 Å². The van der Waals surface area contributed by atoms with Crippen molar-refractivity contribution < 1.29 is 9.13 Å². The van der Waals surface area contributed by atoms with Crippen molar-refractivity contribution in [3.05, 3.63) is 42.0 Å². The number of hydrogen-bond acceptors (Lipinski definition) is 3. The van der Waals surface area contributed by atoms with Crippen LogP contribution in [0.2, 0.25) is 0 Å². The average Bonchev–Trinajstić information content (AvgIpc) is 2.60. The Labute approximate surface area is 131 Å². The smallest absolute Gasteiger partial charge is 0.126 e. The Morgan fingerprint density at radius 3 is 2.55 bits per heavy atom. The quantitative estimate of drug-likeness (QED) is 0.918. The van der Waals surface area contributed by atoms with E-state index in [0.29, 0.717) is 6.42 Å². The predicted octanol–water partition coefficient (Wildman–Crippen LogP) is 3.15. The van der Waals surface area contributed by atoms with Crippen LogP contribution in [0.5, 0.6) is 5.75 Å². The number of alkyl halides is 1. The summed E-state index contributed by atoms with van der Waals surface area (Å²) in [5, 5.41) is 5.63. The van der Waals surface area contributed by atoms with E-state index >= 15 is 0 Å². The second-order valence-corrected chi connectivity index (χ2v) is 5.68. The van der Waals surface area contributed by atoms with Gasteiger partial charge in [0.15, 0.2) is 0 Å². The van der Waals surface area contributed by atoms with Crippen LogP contribution < -0.4 is 10.1 Å². The van der Waals surface area contributed by atoms with Gasteiger partial charge in [-0.25, -0.2) is 0 Å². The minimum absolute atomic E-state index is 0.128. The Kier molecular flexibility index (Phi) is 4.90. The minimum Gasteiger partial charge on any atom is -0.496 e. The third kappa shape index (κ3) is 2.94. The molecule has 0 bridgehead atoms. The van der Waals surface area contributed by atoms with Gasteiger partial charge in [-0.3, -0.25) is 9.29 Å². The van der Waals surface area contributed by atoms with Gasteiger partial charge in [0.05, 0.1) is 13.8 Å². The van der Waals surface area contributed by atoms with E-state index in [1.54, 1.807) is 7.11 Å². The van der Waals surface area contributed by atoms with Crippen LogP contribution in [-0.4, -0.2) is 44.9 Å². The van der Waals surface area contributed by atoms with E-state index < -0.39 is 0 Å². The maximum absolute atomic E-state index is 13.2. The average molecular weight is 302 g/mol. The first-order valence-electron chi connectivity index (χ1n) is 7.91. The van der Waals surface area contributed by atoms with Crippen LogP contribution in [-0.2, 0) is 0 Å². The molecule has 1 atom stereocenters. The van der Waals surface area contributed by atoms with Crippen molar-refractivity contribution in [1.29, 1.82) is 0 Å². The summed E-state index contributed by atoms with van der Waals surface area (Å²) in [6, 6.07) is 12.5. The summed E-state index contributed by atoms with van der Waals surface area (Å²) in [7, 11) is 1.69. The number of rotatable bonds is 5. The van der Waals surface area contributed by atoms with Crippen LogP contribution in [0.4, 0.5) is 4.39 Å². The third-order valence-electron chi connectivity index (χ3n) is 4.47. The van der Waals surface area contributed by atoms with E-state index in [0.717, 1.165) is 37.3 Å². The number of nitrogens with zero attached hydrogens (tertiary/aromatic N) is 1. The lowest BCUT2D eigenvalue weighted by atomic mass is 9.95. The number of piperazine rings is 1. The normalized spacial score (nSPS) is 17.5. The van der Waals surface area contributed by atoms with Gasteiger partial charge < -0.3 is 10.1 Å². The lowest BCUT2D eigenvalue weighted by Crippen LogP contribution is -2.45. The molecule has 0 amide bonds. The van der Waals surface area contributed by atoms with E-state index in [1.807, 2.05) is 18.2 Å². The molecule has 1 saturated heterocycles. The van der Waals surface area contributed by atoms with Crippen molar-refractivity contribution in [3.63, 3.8) is 0 Å². The molecule has 0 saturated carbocycles. The molecule has 0 radical (unpaired) electrons. The van der Waals surface area contributed by atoms with E-state index in [9.17, 15) is 4.39 Å². The molecule has 0 unspecified atom stereocenters. The van der Waals surface area contributed by atoms with Gasteiger partial charge >= 0.3 is 0 Å². The van der Waals surface area contributed by atoms with E-state index in [-0.39, 0.29) is 12.7 Å². The van der Waals surface area contributed by atoms with Crippen LogP contribution in [0.1, 0.15) is 18.0 Å². The monoisotopic (exact) mass is 302 g/mol. The second kappa shape index (κ2) is 7.07. The molecule has 1 N–H and O–H groups in total. The fourth-order valence-electron chi connectivity index (χ4n) is 3.40. The largest absolute Gasteiger partial charge is 0.496 e. The number of hydrogen-bond donors (Lipinski definition) is 1. The van der Waals surface area contributed by atoms with E-state index in [4.69, 9.17) is 4.74 Å². The number of methoxy groups -OCH3 is 1. The van der Waals surface area contributed by atoms with Crippen LogP contribution in [0.25, 0.3) is 10.8 Å². The van der Waals surface area contributed by atoms with E-state index in [2.05, 4.69) is 28.4 Å². The first kappa shape index (κ1) is 15.3. The maximum atomic E-state index is 13.2. The highest BCUT2D eigenvalue weighted by atomic mass is 19.1. The molecule has 2 aromatic rings. The zero-order valence-corrected chi connectivity index (χ0v) is 13.0. The van der Waals surface area contributed by atoms with Gasteiger partial charge in [-0.2, -0.15) is 0 Å². The van der Waals surface area contributed by atoms with Gasteiger partial charge in [0.2, 0.25) is 0 Å². The highest BCUT2D eigenvalue weighted by Gasteiger charge is 2.24. The van der Waals surface area contributed by atoms with Gasteiger partial charge in [-0.15, -0.1) is 0 Å². The van der Waals surface area contributed by atoms with Crippen molar-refractivity contribution in [2.45, 2.75) is 12.5 Å². The summed E-state index contributed by atoms with van der Waals surface area (Å²) < 4.78 is 18.6. The van der Waals surface area contributed by atoms with Gasteiger partial charge in [0, 0.05) is 37.6 Å². The third-order valence-corrected chi connectivity index (χ3v) is 4.47. The molecule has 0 aliphatic carbocycles. The summed E-state index contributed by atoms with van der Waals surface area (Å²) in [5.41, 5.74) is 1.20. The summed E-state index contributed by atoms with van der Waals surface area (Å²) in [5.74, 6) is 0.874. The first-order chi connectivity index (χ1) is 10.8. The molecule has 22 heavy (non-hydrogen) atoms. The summed E-state index contributed by atoms with van der Waals surface area (Å²) in [6.07, 6.45) is 0.538. The van der Waals surface area contributed by atoms with Gasteiger partial charge in [0.1, 0.15) is 5.75 Å². The molecule has 3 rings (SSSR count). The standard InChI is InChI=1S/C18H23FN2O/c1-22-18-7-6-15(14-4-2-3-5-16(14)18)17(8-9-19)21-12-10-20-11-13-21/h2-7,17,20H,8-13H2,1H3/t17-/m0/s1. The fraction of sp³-hybridized carbons (Fsp3) is 0.444. The van der Waals surface area contributed by atoms with Crippen molar-refractivity contribution in [3.8, 4) is 5.75 Å². The van der Waals surface area contributed by atoms with Crippen LogP contribution in [0, 0.1) is 0 Å². The zero-order valence-electron chi connectivity index (χ0n) is 13.0. The highest BCUT2D eigenvalue weighted by Crippen LogP contribution is 2.35. The number of nitrogens with one attached hydrogen (secondary N) is 1. The summed E-state index contributed by atoms with van der Waals surface area (Å²) in [4.78, 5) is 2.39. The molecular formula is C18H23FN2O. The molecule has 3 nitrogen and oxygen atoms in total. The number of ether oxygens (including phenoxy) is 1. The van der Waals surface area contributed by atoms with Crippen molar-refractivity contribution in [2.24, 2.45) is 0 Å². The van der Waals surface area contributed by atoms with E-state index in [1.165, 1.54) is 10.9 Å². The number of halogens is 1. The van der Waals surface area contributed by atoms with Gasteiger partial charge in [0.25, 0.3) is 0 Å². The zero-order chi connectivity index (χ0) is 15.4. The molecular weight excluding hydrogens is 279 g/mol. The second-order valence-electron chi connectivity index (χ2n) is 5.68. The number of benzene rings is 2. The lowest BCUT2D eigenvalue weighted by molar-refractivity contribution is 0.158. The molecule has 1 heterocycles. The fourth-order valence-corrected chi connectivity index (χ4v) is 3.40. The summed E-state index contributed by atoms with van der Waals surface area (Å²) >= 11 is 0. The molecule has 2 aromatic carbocycles. The Morgan fingerprint density at radius 1 is 1.14 bits per heavy atom. The highest BCUT2D eigenvalue weighted by molar-refractivity contribution is 5.91. The lowest BCUT2D eigenvalue weighted by Gasteiger charge is -2.35. The minimum atomic E-state index is -0.297. The predicted molar refractivity (Wildman–Crippen MR) is 88.3 cm³/mol. The maximum Gasteiger partial charge on any atom is 0.126 e. The van der Waals surface area contributed by atoms with Gasteiger partial charge in [-0.1, -0.05) is 30.3 Å². The molecule has 4 heteroatoms. The molecule has 0 aromatic heterocycles. The Morgan fingerprint density at radius 2 is 1.86 bits per heavy atom. The molecule has 0 spiro atoms. The Balaban J connectivity index is 2.05. The van der Waals surface area contributed by atoms with Gasteiger partial charge in [-0.05, 0) is 23.4 Å². The van der Waals surface area contributed by atoms with Crippen molar-refractivity contribution in [1.82, 2.24) is 10.2 Å². The van der Waals surface area contributed by atoms with Crippen LogP contribution >= 0.6 is 0 Å². The molecule has 118 valence electrons. The van der Waals surface area contributed by atoms with Crippen LogP contribution in [0.3, 0.4) is 0 Å². The SMILES string of the molecule is COc1ccc([C@H](CCF)N2CCNCC2)c2ccccc12. The number of fused-ring (bicyclic) bond motifs is 1. The molecule has 1 fully saturated rings. The topological polar surface area (TPSA) is 24.5 Å². The molecule has 1 aliphatic rings. The van der Waals surface area contributed by atoms with Crippen molar-refractivity contribution >= 4 is 10.8 Å². The molecule has 1 aliphatic heterocycles. The Bertz CT molecular complexity index is 626. The van der Waals surface area contributed by atoms with Crippen molar-refractivity contribution in [2.75, 3.05) is 40.0 Å². The first-order valence-corrected chi connectivity index (χ1v) is 7.91. The Hall–Kier alpha value is -1.65.